The summed E-state index contributed by atoms with van der Waals surface area (Å²) >= 11 is 0.950. The fourth-order valence-corrected chi connectivity index (χ4v) is 2.03. The molecule has 0 amide bonds. The van der Waals surface area contributed by atoms with Gasteiger partial charge >= 0.3 is 11.9 Å². The highest BCUT2D eigenvalue weighted by Crippen LogP contribution is 2.23. The Kier molecular flexibility index (Phi) is 4.78. The first-order valence-electron chi connectivity index (χ1n) is 5.01. The minimum Gasteiger partial charge on any atom is -0.476 e. The fraction of sp³-hybridized carbons (Fsp3) is 0.400. The number of thiazole rings is 1. The summed E-state index contributed by atoms with van der Waals surface area (Å²) in [6, 6.07) is 0. The van der Waals surface area contributed by atoms with E-state index in [1.165, 1.54) is 14.0 Å². The SMILES string of the molecule is COC(=O)CCNc1nc(C(=O)O)c(C(C)=O)s1. The van der Waals surface area contributed by atoms with Crippen LogP contribution in [0.5, 0.6) is 0 Å². The monoisotopic (exact) mass is 272 g/mol. The molecule has 0 fully saturated rings. The molecular weight excluding hydrogens is 260 g/mol. The summed E-state index contributed by atoms with van der Waals surface area (Å²) in [5.74, 6) is -1.99. The molecule has 0 atom stereocenters. The first kappa shape index (κ1) is 14.1. The Labute approximate surface area is 107 Å². The summed E-state index contributed by atoms with van der Waals surface area (Å²) in [4.78, 5) is 36.8. The summed E-state index contributed by atoms with van der Waals surface area (Å²) in [5.41, 5.74) is -0.270. The zero-order valence-electron chi connectivity index (χ0n) is 9.85. The number of anilines is 1. The van der Waals surface area contributed by atoms with Crippen LogP contribution in [-0.2, 0) is 9.53 Å². The van der Waals surface area contributed by atoms with Gasteiger partial charge in [0.1, 0.15) is 4.88 Å². The van der Waals surface area contributed by atoms with Gasteiger partial charge in [0.25, 0.3) is 0 Å². The highest BCUT2D eigenvalue weighted by atomic mass is 32.1. The van der Waals surface area contributed by atoms with E-state index in [0.717, 1.165) is 11.3 Å². The van der Waals surface area contributed by atoms with Crippen molar-refractivity contribution >= 4 is 34.2 Å². The first-order chi connectivity index (χ1) is 8.45. The first-order valence-corrected chi connectivity index (χ1v) is 5.83. The number of carbonyl (C=O) groups is 3. The molecule has 0 aromatic carbocycles. The number of hydrogen-bond donors (Lipinski definition) is 2. The van der Waals surface area contributed by atoms with E-state index in [0.29, 0.717) is 5.13 Å². The molecule has 0 saturated carbocycles. The number of aromatic carboxylic acids is 1. The van der Waals surface area contributed by atoms with Gasteiger partial charge in [0.05, 0.1) is 13.5 Å². The molecule has 18 heavy (non-hydrogen) atoms. The number of nitrogens with one attached hydrogen (secondary N) is 1. The lowest BCUT2D eigenvalue weighted by atomic mass is 10.3. The molecule has 0 radical (unpaired) electrons. The number of carbonyl (C=O) groups excluding carboxylic acids is 2. The van der Waals surface area contributed by atoms with Crippen molar-refractivity contribution in [3.8, 4) is 0 Å². The van der Waals surface area contributed by atoms with Crippen LogP contribution in [0.1, 0.15) is 33.5 Å². The van der Waals surface area contributed by atoms with E-state index in [1.54, 1.807) is 0 Å². The average Bonchev–Trinajstić information content (AvgIpc) is 2.73. The number of carboxylic acid groups (broad SMARTS) is 1. The third-order valence-electron chi connectivity index (χ3n) is 1.98. The second-order valence-electron chi connectivity index (χ2n) is 3.31. The molecule has 0 aliphatic carbocycles. The molecule has 1 aromatic heterocycles. The molecule has 1 heterocycles. The fourth-order valence-electron chi connectivity index (χ4n) is 1.15. The van der Waals surface area contributed by atoms with Gasteiger partial charge in [-0.1, -0.05) is 11.3 Å². The van der Waals surface area contributed by atoms with Gasteiger partial charge in [-0.05, 0) is 0 Å². The van der Waals surface area contributed by atoms with Gasteiger partial charge in [-0.3, -0.25) is 9.59 Å². The maximum Gasteiger partial charge on any atom is 0.356 e. The number of ether oxygens (including phenoxy) is 1. The zero-order chi connectivity index (χ0) is 13.7. The number of hydrogen-bond acceptors (Lipinski definition) is 7. The van der Waals surface area contributed by atoms with E-state index in [4.69, 9.17) is 5.11 Å². The second kappa shape index (κ2) is 6.10. The molecule has 0 saturated heterocycles. The lowest BCUT2D eigenvalue weighted by Crippen LogP contribution is -2.09. The maximum absolute atomic E-state index is 11.2. The van der Waals surface area contributed by atoms with E-state index in [9.17, 15) is 14.4 Å². The van der Waals surface area contributed by atoms with Crippen LogP contribution < -0.4 is 5.32 Å². The van der Waals surface area contributed by atoms with Crippen LogP contribution in [-0.4, -0.2) is 41.5 Å². The third-order valence-corrected chi connectivity index (χ3v) is 3.10. The number of carboxylic acids is 1. The van der Waals surface area contributed by atoms with Crippen LogP contribution in [0.4, 0.5) is 5.13 Å². The average molecular weight is 272 g/mol. The number of rotatable bonds is 6. The molecule has 0 bridgehead atoms. The van der Waals surface area contributed by atoms with Gasteiger partial charge in [-0.2, -0.15) is 0 Å². The Morgan fingerprint density at radius 3 is 2.56 bits per heavy atom. The van der Waals surface area contributed by atoms with Crippen molar-refractivity contribution in [1.29, 1.82) is 0 Å². The molecule has 98 valence electrons. The van der Waals surface area contributed by atoms with Crippen LogP contribution in [0, 0.1) is 0 Å². The lowest BCUT2D eigenvalue weighted by molar-refractivity contribution is -0.140. The Morgan fingerprint density at radius 2 is 2.11 bits per heavy atom. The molecule has 0 spiro atoms. The zero-order valence-corrected chi connectivity index (χ0v) is 10.7. The number of ketones is 1. The molecule has 1 rings (SSSR count). The van der Waals surface area contributed by atoms with Crippen molar-refractivity contribution in [1.82, 2.24) is 4.98 Å². The minimum absolute atomic E-state index is 0.0862. The molecule has 2 N–H and O–H groups in total. The third kappa shape index (κ3) is 3.52. The maximum atomic E-state index is 11.2. The van der Waals surface area contributed by atoms with Gasteiger partial charge in [0.15, 0.2) is 16.6 Å². The smallest absolute Gasteiger partial charge is 0.356 e. The number of methoxy groups -OCH3 is 1. The Hall–Kier alpha value is -1.96. The van der Waals surface area contributed by atoms with E-state index in [-0.39, 0.29) is 35.3 Å². The van der Waals surface area contributed by atoms with Crippen LogP contribution >= 0.6 is 11.3 Å². The van der Waals surface area contributed by atoms with Gasteiger partial charge in [-0.15, -0.1) is 0 Å². The summed E-state index contributed by atoms with van der Waals surface area (Å²) in [5, 5.41) is 11.9. The molecule has 8 heteroatoms. The Bertz CT molecular complexity index is 451. The van der Waals surface area contributed by atoms with Gasteiger partial charge in [0, 0.05) is 13.5 Å². The van der Waals surface area contributed by atoms with Crippen LogP contribution in [0.25, 0.3) is 0 Å². The van der Waals surface area contributed by atoms with Crippen molar-refractivity contribution < 1.29 is 24.2 Å². The molecule has 7 nitrogen and oxygen atoms in total. The van der Waals surface area contributed by atoms with Crippen molar-refractivity contribution in [3.63, 3.8) is 0 Å². The summed E-state index contributed by atoms with van der Waals surface area (Å²) < 4.78 is 4.45. The minimum atomic E-state index is -1.25. The highest BCUT2D eigenvalue weighted by Gasteiger charge is 2.20. The van der Waals surface area contributed by atoms with E-state index >= 15 is 0 Å². The lowest BCUT2D eigenvalue weighted by Gasteiger charge is -2.00. The van der Waals surface area contributed by atoms with E-state index < -0.39 is 5.97 Å². The second-order valence-corrected chi connectivity index (χ2v) is 4.31. The highest BCUT2D eigenvalue weighted by molar-refractivity contribution is 7.17. The standard InChI is InChI=1S/C10H12N2O5S/c1-5(13)8-7(9(15)16)12-10(18-8)11-4-3-6(14)17-2/h3-4H2,1-2H3,(H,11,12)(H,15,16). The van der Waals surface area contributed by atoms with Crippen molar-refractivity contribution in [2.24, 2.45) is 0 Å². The Morgan fingerprint density at radius 1 is 1.44 bits per heavy atom. The molecular formula is C10H12N2O5S. The van der Waals surface area contributed by atoms with Crippen molar-refractivity contribution in [2.45, 2.75) is 13.3 Å². The number of esters is 1. The van der Waals surface area contributed by atoms with Gasteiger partial charge < -0.3 is 15.2 Å². The predicted molar refractivity (Wildman–Crippen MR) is 64.2 cm³/mol. The summed E-state index contributed by atoms with van der Waals surface area (Å²) in [6.07, 6.45) is 0.133. The summed E-state index contributed by atoms with van der Waals surface area (Å²) in [6.45, 7) is 1.54. The van der Waals surface area contributed by atoms with E-state index in [1.807, 2.05) is 0 Å². The molecule has 0 aliphatic rings. The topological polar surface area (TPSA) is 106 Å². The summed E-state index contributed by atoms with van der Waals surface area (Å²) in [7, 11) is 1.28. The number of aromatic nitrogens is 1. The van der Waals surface area contributed by atoms with Crippen molar-refractivity contribution in [2.75, 3.05) is 19.0 Å². The molecule has 1 aromatic rings. The number of Topliss-reactive ketones (excluding diaryl/α,β-unsaturated/α-hetero) is 1. The number of nitrogens with zero attached hydrogens (tertiary/aromatic N) is 1. The largest absolute Gasteiger partial charge is 0.476 e. The normalized spacial score (nSPS) is 9.89. The van der Waals surface area contributed by atoms with Gasteiger partial charge in [0.2, 0.25) is 0 Å². The quantitative estimate of drug-likeness (QED) is 0.588. The van der Waals surface area contributed by atoms with Crippen LogP contribution in [0.3, 0.4) is 0 Å². The predicted octanol–water partition coefficient (Wildman–Crippen LogP) is 1.02. The van der Waals surface area contributed by atoms with Crippen molar-refractivity contribution in [3.05, 3.63) is 10.6 Å². The van der Waals surface area contributed by atoms with Crippen LogP contribution in [0.2, 0.25) is 0 Å². The van der Waals surface area contributed by atoms with Gasteiger partial charge in [-0.25, -0.2) is 9.78 Å². The van der Waals surface area contributed by atoms with Crippen LogP contribution in [0.15, 0.2) is 0 Å². The molecule has 0 unspecified atom stereocenters. The molecule has 0 aliphatic heterocycles. The Balaban J connectivity index is 2.73. The van der Waals surface area contributed by atoms with E-state index in [2.05, 4.69) is 15.0 Å².